The van der Waals surface area contributed by atoms with Gasteiger partial charge in [-0.1, -0.05) is 0 Å². The Bertz CT molecular complexity index is 1910. The zero-order valence-corrected chi connectivity index (χ0v) is 32.8. The maximum absolute atomic E-state index is 12.4. The van der Waals surface area contributed by atoms with E-state index in [2.05, 4.69) is 34.1 Å². The highest BCUT2D eigenvalue weighted by molar-refractivity contribution is 7.85. The Balaban J connectivity index is 0.000000261. The Hall–Kier alpha value is -5.84. The van der Waals surface area contributed by atoms with Crippen LogP contribution < -0.4 is 20.4 Å². The molecule has 3 fully saturated rings. The largest absolute Gasteiger partial charge is 0.468 e. The first-order valence-corrected chi connectivity index (χ1v) is 19.3. The molecular weight excluding hydrogens is 772 g/mol. The molecule has 3 aliphatic rings. The second-order valence-electron chi connectivity index (χ2n) is 12.8. The normalized spacial score (nSPS) is 19.0. The summed E-state index contributed by atoms with van der Waals surface area (Å²) in [6, 6.07) is 12.7. The van der Waals surface area contributed by atoms with Crippen LogP contribution in [0, 0.1) is 10.8 Å². The number of benzene rings is 2. The van der Waals surface area contributed by atoms with Crippen LogP contribution in [-0.4, -0.2) is 158 Å². The topological polar surface area (TPSA) is 260 Å². The van der Waals surface area contributed by atoms with Crippen molar-refractivity contribution in [1.82, 2.24) is 20.4 Å². The van der Waals surface area contributed by atoms with E-state index >= 15 is 0 Å². The molecule has 2 aromatic carbocycles. The van der Waals surface area contributed by atoms with Crippen molar-refractivity contribution in [2.45, 2.75) is 25.2 Å². The Morgan fingerprint density at radius 2 is 1.19 bits per heavy atom. The minimum Gasteiger partial charge on any atom is -0.468 e. The Labute approximate surface area is 329 Å². The van der Waals surface area contributed by atoms with Crippen molar-refractivity contribution in [2.75, 3.05) is 89.8 Å². The molecule has 2 aromatic rings. The number of carbonyl (C=O) groups excluding carboxylic acids is 5. The first kappa shape index (κ1) is 43.9. The van der Waals surface area contributed by atoms with Crippen LogP contribution >= 0.6 is 0 Å². The van der Waals surface area contributed by atoms with E-state index in [1.54, 1.807) is 53.4 Å². The number of alkyl carbamates (subject to hydrolysis) is 2. The van der Waals surface area contributed by atoms with E-state index in [9.17, 15) is 32.4 Å². The van der Waals surface area contributed by atoms with Gasteiger partial charge in [0.2, 0.25) is 0 Å². The maximum Gasteiger partial charge on any atom is 0.414 e. The fourth-order valence-corrected chi connectivity index (χ4v) is 6.25. The minimum atomic E-state index is -3.62. The zero-order chi connectivity index (χ0) is 41.9. The second kappa shape index (κ2) is 19.8. The lowest BCUT2D eigenvalue weighted by molar-refractivity contribution is -0.147. The third-order valence-corrected chi connectivity index (χ3v) is 9.50. The van der Waals surface area contributed by atoms with Gasteiger partial charge in [-0.2, -0.15) is 8.42 Å². The molecule has 57 heavy (non-hydrogen) atoms. The van der Waals surface area contributed by atoms with Crippen molar-refractivity contribution in [3.05, 3.63) is 59.7 Å². The third-order valence-electron chi connectivity index (χ3n) is 8.94. The summed E-state index contributed by atoms with van der Waals surface area (Å²) < 4.78 is 50.9. The molecule has 22 heteroatoms. The summed E-state index contributed by atoms with van der Waals surface area (Å²) in [5.41, 5.74) is 2.06. The molecule has 0 aliphatic carbocycles. The number of ether oxygens (including phenoxy) is 5. The zero-order valence-electron chi connectivity index (χ0n) is 32.0. The van der Waals surface area contributed by atoms with Crippen LogP contribution in [0.4, 0.5) is 30.6 Å². The molecule has 3 unspecified atom stereocenters. The number of hydrogen-bond donors (Lipinski definition) is 4. The Morgan fingerprint density at radius 3 is 1.61 bits per heavy atom. The number of hydrogen-bond acceptors (Lipinski definition) is 17. The van der Waals surface area contributed by atoms with Gasteiger partial charge in [0, 0.05) is 55.2 Å². The standard InChI is InChI=1S/C21H29N5O6.C14H17N3O7S/c1-14(19(27)30-2)25-10-8-24(9-11-25)12-17-13-26(21(29)32-17)16-6-4-15(5-7-16)18(22)23-20(28)31-3;1-22-13(18)16-12(15)9-3-5-10(6-4-9)17-7-11(24-14(17)19)8-23-25(2,20)21/h4-7,14,17H,8-13H2,1-3H3,(H2,22,23,28);3-6,11H,7-8H2,1-2H3,(H2,15,16,18). The number of rotatable bonds is 11. The van der Waals surface area contributed by atoms with Crippen LogP contribution in [0.15, 0.2) is 48.5 Å². The van der Waals surface area contributed by atoms with Gasteiger partial charge in [0.05, 0.1) is 40.7 Å². The van der Waals surface area contributed by atoms with Gasteiger partial charge in [-0.3, -0.25) is 50.0 Å². The van der Waals surface area contributed by atoms with Gasteiger partial charge in [-0.15, -0.1) is 0 Å². The first-order valence-electron chi connectivity index (χ1n) is 17.4. The van der Waals surface area contributed by atoms with Crippen LogP contribution in [0.5, 0.6) is 0 Å². The fourth-order valence-electron chi connectivity index (χ4n) is 5.85. The molecule has 3 atom stereocenters. The fraction of sp³-hybridized carbons (Fsp3) is 0.457. The van der Waals surface area contributed by atoms with Gasteiger partial charge < -0.3 is 23.7 Å². The van der Waals surface area contributed by atoms with Gasteiger partial charge in [-0.25, -0.2) is 19.2 Å². The van der Waals surface area contributed by atoms with Crippen molar-refractivity contribution in [3.8, 4) is 0 Å². The Morgan fingerprint density at radius 1 is 0.754 bits per heavy atom. The van der Waals surface area contributed by atoms with Crippen LogP contribution in [-0.2, 0) is 42.8 Å². The highest BCUT2D eigenvalue weighted by atomic mass is 32.2. The van der Waals surface area contributed by atoms with Gasteiger partial charge in [0.1, 0.15) is 36.5 Å². The molecule has 4 amide bonds. The first-order chi connectivity index (χ1) is 27.0. The van der Waals surface area contributed by atoms with Gasteiger partial charge in [0.25, 0.3) is 10.1 Å². The Kier molecular flexibility index (Phi) is 15.3. The maximum atomic E-state index is 12.4. The molecule has 310 valence electrons. The molecule has 3 aliphatic heterocycles. The molecule has 3 heterocycles. The molecule has 0 radical (unpaired) electrons. The number of carbonyl (C=O) groups is 5. The molecule has 0 bridgehead atoms. The SMILES string of the molecule is COC(=O)NC(=N)c1ccc(N2CC(CN3CCN(C(C)C(=O)OC)CC3)OC2=O)cc1.COC(=O)NC(=N)c1ccc(N2CC(COS(C)(=O)=O)OC2=O)cc1. The predicted octanol–water partition coefficient (Wildman–Crippen LogP) is 1.54. The highest BCUT2D eigenvalue weighted by Crippen LogP contribution is 2.24. The van der Waals surface area contributed by atoms with E-state index in [0.717, 1.165) is 32.4 Å². The number of amidine groups is 2. The van der Waals surface area contributed by atoms with E-state index in [-0.39, 0.29) is 42.9 Å². The van der Waals surface area contributed by atoms with Crippen LogP contribution in [0.25, 0.3) is 0 Å². The molecule has 0 spiro atoms. The summed E-state index contributed by atoms with van der Waals surface area (Å²) in [7, 11) is 0.193. The second-order valence-corrected chi connectivity index (χ2v) is 14.5. The van der Waals surface area contributed by atoms with E-state index in [0.29, 0.717) is 35.6 Å². The molecule has 0 saturated carbocycles. The number of anilines is 2. The van der Waals surface area contributed by atoms with E-state index in [1.165, 1.54) is 26.2 Å². The summed E-state index contributed by atoms with van der Waals surface area (Å²) in [6.07, 6.45) is -2.57. The number of amides is 4. The molecule has 4 N–H and O–H groups in total. The average Bonchev–Trinajstić information content (AvgIpc) is 3.77. The number of nitrogens with one attached hydrogen (secondary N) is 4. The van der Waals surface area contributed by atoms with Gasteiger partial charge in [-0.05, 0) is 55.5 Å². The van der Waals surface area contributed by atoms with E-state index in [4.69, 9.17) is 25.0 Å². The summed E-state index contributed by atoms with van der Waals surface area (Å²) in [5, 5.41) is 20.1. The molecule has 5 rings (SSSR count). The summed E-state index contributed by atoms with van der Waals surface area (Å²) in [5.74, 6) is -0.478. The number of nitrogens with zero attached hydrogens (tertiary/aromatic N) is 4. The summed E-state index contributed by atoms with van der Waals surface area (Å²) in [6.45, 7) is 5.80. The lowest BCUT2D eigenvalue weighted by atomic mass is 10.1. The minimum absolute atomic E-state index is 0.0917. The number of esters is 1. The summed E-state index contributed by atoms with van der Waals surface area (Å²) >= 11 is 0. The number of methoxy groups -OCH3 is 3. The number of cyclic esters (lactones) is 2. The van der Waals surface area contributed by atoms with Crippen LogP contribution in [0.1, 0.15) is 18.1 Å². The quantitative estimate of drug-likeness (QED) is 0.0825. The molecule has 21 nitrogen and oxygen atoms in total. The van der Waals surface area contributed by atoms with Crippen molar-refractivity contribution < 1.29 is 60.3 Å². The van der Waals surface area contributed by atoms with Gasteiger partial charge >= 0.3 is 30.3 Å². The van der Waals surface area contributed by atoms with E-state index in [1.807, 2.05) is 6.92 Å². The third kappa shape index (κ3) is 12.6. The smallest absolute Gasteiger partial charge is 0.414 e. The molecular formula is C35H46N8O13S. The predicted molar refractivity (Wildman–Crippen MR) is 203 cm³/mol. The average molecular weight is 819 g/mol. The van der Waals surface area contributed by atoms with Crippen molar-refractivity contribution in [1.29, 1.82) is 10.8 Å². The summed E-state index contributed by atoms with van der Waals surface area (Å²) in [4.78, 5) is 65.5. The highest BCUT2D eigenvalue weighted by Gasteiger charge is 2.35. The van der Waals surface area contributed by atoms with Gasteiger partial charge in [0.15, 0.2) is 0 Å². The lowest BCUT2D eigenvalue weighted by Crippen LogP contribution is -2.53. The van der Waals surface area contributed by atoms with E-state index < -0.39 is 40.6 Å². The molecule has 0 aromatic heterocycles. The monoisotopic (exact) mass is 818 g/mol. The lowest BCUT2D eigenvalue weighted by Gasteiger charge is -2.37. The van der Waals surface area contributed by atoms with Crippen molar-refractivity contribution in [2.24, 2.45) is 0 Å². The number of piperazine rings is 1. The van der Waals surface area contributed by atoms with Crippen molar-refractivity contribution >= 4 is 63.5 Å². The van der Waals surface area contributed by atoms with Crippen molar-refractivity contribution in [3.63, 3.8) is 0 Å². The van der Waals surface area contributed by atoms with Crippen LogP contribution in [0.2, 0.25) is 0 Å². The van der Waals surface area contributed by atoms with Crippen LogP contribution in [0.3, 0.4) is 0 Å². The molecule has 3 saturated heterocycles.